The summed E-state index contributed by atoms with van der Waals surface area (Å²) in [5, 5.41) is 0. The van der Waals surface area contributed by atoms with E-state index in [1.807, 2.05) is 6.92 Å². The summed E-state index contributed by atoms with van der Waals surface area (Å²) in [7, 11) is 0. The predicted octanol–water partition coefficient (Wildman–Crippen LogP) is 2.47. The Balaban J connectivity index is 2.39. The van der Waals surface area contributed by atoms with Gasteiger partial charge in [0, 0.05) is 23.4 Å². The number of hydrogen-bond donors (Lipinski definition) is 2. The summed E-state index contributed by atoms with van der Waals surface area (Å²) in [5.41, 5.74) is 15.0. The lowest BCUT2D eigenvalue weighted by Crippen LogP contribution is -2.18. The summed E-state index contributed by atoms with van der Waals surface area (Å²) in [6.07, 6.45) is 2.90. The molecule has 1 aromatic rings. The van der Waals surface area contributed by atoms with Crippen LogP contribution in [-0.2, 0) is 5.41 Å². The van der Waals surface area contributed by atoms with Crippen molar-refractivity contribution < 1.29 is 4.74 Å². The number of aryl methyl sites for hydroxylation is 1. The number of hydrogen-bond acceptors (Lipinski definition) is 4. The van der Waals surface area contributed by atoms with E-state index in [0.29, 0.717) is 6.61 Å². The van der Waals surface area contributed by atoms with Crippen LogP contribution in [-0.4, -0.2) is 12.8 Å². The quantitative estimate of drug-likeness (QED) is 0.829. The molecule has 0 radical (unpaired) electrons. The molecule has 1 aliphatic rings. The summed E-state index contributed by atoms with van der Waals surface area (Å²) in [4.78, 5) is 4.05. The molecule has 0 fully saturated rings. The molecule has 4 nitrogen and oxygen atoms in total. The minimum Gasteiger partial charge on any atom is -0.492 e. The molecule has 0 unspecified atom stereocenters. The summed E-state index contributed by atoms with van der Waals surface area (Å²) >= 11 is 0. The van der Waals surface area contributed by atoms with Crippen LogP contribution in [0.25, 0.3) is 5.57 Å². The lowest BCUT2D eigenvalue weighted by Gasteiger charge is -2.17. The zero-order chi connectivity index (χ0) is 14.9. The number of rotatable bonds is 3. The van der Waals surface area contributed by atoms with Crippen molar-refractivity contribution in [1.82, 2.24) is 0 Å². The van der Waals surface area contributed by atoms with Crippen LogP contribution >= 0.6 is 0 Å². The lowest BCUT2D eigenvalue weighted by molar-refractivity contribution is 0.291. The van der Waals surface area contributed by atoms with Crippen molar-refractivity contribution in [3.8, 4) is 5.75 Å². The maximum Gasteiger partial charge on any atom is 0.138 e. The number of fused-ring (bicyclic) bond motifs is 1. The molecular formula is C16H21N3O. The van der Waals surface area contributed by atoms with Crippen LogP contribution in [0.15, 0.2) is 35.7 Å². The molecule has 1 aliphatic heterocycles. The molecule has 4 heteroatoms. The zero-order valence-electron chi connectivity index (χ0n) is 12.2. The van der Waals surface area contributed by atoms with Gasteiger partial charge < -0.3 is 16.2 Å². The van der Waals surface area contributed by atoms with Gasteiger partial charge in [-0.05, 0) is 35.8 Å². The Bertz CT molecular complexity index is 612. The van der Waals surface area contributed by atoms with Crippen molar-refractivity contribution in [2.45, 2.75) is 26.2 Å². The third kappa shape index (κ3) is 2.54. The van der Waals surface area contributed by atoms with E-state index in [4.69, 9.17) is 16.2 Å². The number of allylic oxidation sites excluding steroid dienone is 1. The molecule has 1 heterocycles. The van der Waals surface area contributed by atoms with E-state index in [1.165, 1.54) is 11.8 Å². The molecule has 2 rings (SSSR count). The third-order valence-electron chi connectivity index (χ3n) is 3.53. The average Bonchev–Trinajstić information content (AvgIpc) is 2.69. The number of nitrogens with two attached hydrogens (primary N) is 2. The van der Waals surface area contributed by atoms with Crippen LogP contribution < -0.4 is 16.2 Å². The fourth-order valence-corrected chi connectivity index (χ4v) is 2.28. The van der Waals surface area contributed by atoms with Gasteiger partial charge in [0.2, 0.25) is 0 Å². The topological polar surface area (TPSA) is 73.6 Å². The molecule has 0 spiro atoms. The Morgan fingerprint density at radius 1 is 1.45 bits per heavy atom. The van der Waals surface area contributed by atoms with Gasteiger partial charge in [0.15, 0.2) is 0 Å². The highest BCUT2D eigenvalue weighted by Crippen LogP contribution is 2.40. The monoisotopic (exact) mass is 271 g/mol. The second-order valence-corrected chi connectivity index (χ2v) is 5.71. The Hall–Kier alpha value is -2.23. The minimum absolute atomic E-state index is 0.0192. The molecule has 0 aromatic heterocycles. The Labute approximate surface area is 119 Å². The van der Waals surface area contributed by atoms with Crippen molar-refractivity contribution in [3.05, 3.63) is 47.4 Å². The molecule has 0 atom stereocenters. The molecule has 20 heavy (non-hydrogen) atoms. The van der Waals surface area contributed by atoms with Gasteiger partial charge in [-0.1, -0.05) is 20.4 Å². The predicted molar refractivity (Wildman–Crippen MR) is 83.7 cm³/mol. The van der Waals surface area contributed by atoms with Gasteiger partial charge in [0.25, 0.3) is 0 Å². The van der Waals surface area contributed by atoms with Crippen molar-refractivity contribution in [2.75, 3.05) is 6.61 Å². The van der Waals surface area contributed by atoms with E-state index >= 15 is 0 Å². The van der Waals surface area contributed by atoms with Crippen molar-refractivity contribution >= 4 is 11.8 Å². The van der Waals surface area contributed by atoms with E-state index in [-0.39, 0.29) is 11.2 Å². The molecule has 4 N–H and O–H groups in total. The Morgan fingerprint density at radius 2 is 2.15 bits per heavy atom. The van der Waals surface area contributed by atoms with Crippen molar-refractivity contribution in [2.24, 2.45) is 16.5 Å². The smallest absolute Gasteiger partial charge is 0.138 e. The maximum absolute atomic E-state index is 5.74. The normalized spacial score (nSPS) is 17.1. The highest BCUT2D eigenvalue weighted by molar-refractivity contribution is 6.09. The SMILES string of the molecule is C=C(/C=N\C(N)=C/N)c1cc2c(cc1C)OCC2(C)C. The first kappa shape index (κ1) is 14.2. The van der Waals surface area contributed by atoms with E-state index < -0.39 is 0 Å². The van der Waals surface area contributed by atoms with Crippen molar-refractivity contribution in [3.63, 3.8) is 0 Å². The van der Waals surface area contributed by atoms with Gasteiger partial charge in [-0.2, -0.15) is 0 Å². The molecule has 0 aliphatic carbocycles. The van der Waals surface area contributed by atoms with Crippen LogP contribution in [0.3, 0.4) is 0 Å². The first-order valence-corrected chi connectivity index (χ1v) is 6.54. The Morgan fingerprint density at radius 3 is 2.80 bits per heavy atom. The van der Waals surface area contributed by atoms with Crippen LogP contribution in [0.2, 0.25) is 0 Å². The second-order valence-electron chi connectivity index (χ2n) is 5.71. The van der Waals surface area contributed by atoms with Gasteiger partial charge in [-0.15, -0.1) is 0 Å². The van der Waals surface area contributed by atoms with E-state index in [2.05, 4.69) is 37.6 Å². The number of nitrogens with zero attached hydrogens (tertiary/aromatic N) is 1. The summed E-state index contributed by atoms with van der Waals surface area (Å²) in [5.74, 6) is 1.23. The molecule has 0 amide bonds. The molecule has 1 aromatic carbocycles. The lowest BCUT2D eigenvalue weighted by atomic mass is 9.84. The van der Waals surface area contributed by atoms with E-state index in [9.17, 15) is 0 Å². The second kappa shape index (κ2) is 5.04. The van der Waals surface area contributed by atoms with Crippen LogP contribution in [0.4, 0.5) is 0 Å². The van der Waals surface area contributed by atoms with Gasteiger partial charge >= 0.3 is 0 Å². The molecule has 0 saturated heterocycles. The zero-order valence-corrected chi connectivity index (χ0v) is 12.2. The van der Waals surface area contributed by atoms with Gasteiger partial charge in [-0.3, -0.25) is 0 Å². The van der Waals surface area contributed by atoms with Crippen LogP contribution in [0, 0.1) is 6.92 Å². The van der Waals surface area contributed by atoms with Gasteiger partial charge in [-0.25, -0.2) is 4.99 Å². The summed E-state index contributed by atoms with van der Waals surface area (Å²) in [6.45, 7) is 11.1. The van der Waals surface area contributed by atoms with Crippen molar-refractivity contribution in [1.29, 1.82) is 0 Å². The molecule has 0 saturated carbocycles. The van der Waals surface area contributed by atoms with E-state index in [0.717, 1.165) is 22.4 Å². The minimum atomic E-state index is 0.0192. The first-order valence-electron chi connectivity index (χ1n) is 6.54. The highest BCUT2D eigenvalue weighted by Gasteiger charge is 2.32. The third-order valence-corrected chi connectivity index (χ3v) is 3.53. The maximum atomic E-state index is 5.74. The fraction of sp³-hybridized carbons (Fsp3) is 0.312. The van der Waals surface area contributed by atoms with Gasteiger partial charge in [0.1, 0.15) is 11.6 Å². The van der Waals surface area contributed by atoms with Crippen LogP contribution in [0.1, 0.15) is 30.5 Å². The Kier molecular flexibility index (Phi) is 3.57. The number of aliphatic imine (C=N–C) groups is 1. The first-order chi connectivity index (χ1) is 9.35. The van der Waals surface area contributed by atoms with Crippen LogP contribution in [0.5, 0.6) is 5.75 Å². The molecule has 0 bridgehead atoms. The largest absolute Gasteiger partial charge is 0.492 e. The molecular weight excluding hydrogens is 250 g/mol. The van der Waals surface area contributed by atoms with Gasteiger partial charge in [0.05, 0.1) is 6.61 Å². The standard InChI is InChI=1S/C16H21N3O/c1-10-5-14-13(16(3,4)9-20-14)6-12(10)11(2)8-19-15(18)7-17/h5-8H,2,9,17-18H2,1,3-4H3/b15-7-,19-8-. The summed E-state index contributed by atoms with van der Waals surface area (Å²) < 4.78 is 5.74. The highest BCUT2D eigenvalue weighted by atomic mass is 16.5. The summed E-state index contributed by atoms with van der Waals surface area (Å²) in [6, 6.07) is 4.19. The number of ether oxygens (including phenoxy) is 1. The molecule has 106 valence electrons. The van der Waals surface area contributed by atoms with E-state index in [1.54, 1.807) is 6.21 Å². The number of benzene rings is 1. The fourth-order valence-electron chi connectivity index (χ4n) is 2.28. The average molecular weight is 271 g/mol.